The van der Waals surface area contributed by atoms with Crippen molar-refractivity contribution in [3.05, 3.63) is 218 Å². The van der Waals surface area contributed by atoms with E-state index in [-0.39, 0.29) is 0 Å². The molecule has 10 aromatic carbocycles. The molecule has 0 aliphatic carbocycles. The normalized spacial score (nSPS) is 11.7. The molecule has 12 aromatic rings. The van der Waals surface area contributed by atoms with Crippen molar-refractivity contribution in [3.8, 4) is 11.1 Å². The number of rotatable bonds is 7. The van der Waals surface area contributed by atoms with Crippen molar-refractivity contribution in [1.29, 1.82) is 0 Å². The molecule has 0 saturated carbocycles. The molecule has 0 amide bonds. The van der Waals surface area contributed by atoms with Crippen molar-refractivity contribution in [2.24, 2.45) is 0 Å². The largest absolute Gasteiger partial charge is 0.308 e. The summed E-state index contributed by atoms with van der Waals surface area (Å²) in [5.41, 5.74) is 9.04. The molecule has 0 aliphatic rings. The number of para-hydroxylation sites is 2. The number of hydrogen-bond donors (Lipinski definition) is 0. The van der Waals surface area contributed by atoms with Gasteiger partial charge in [-0.2, -0.15) is 0 Å². The number of nitrogens with zero attached hydrogens (tertiary/aromatic N) is 2. The van der Waals surface area contributed by atoms with Gasteiger partial charge in [0.05, 0.1) is 17.1 Å². The van der Waals surface area contributed by atoms with Crippen LogP contribution in [0.15, 0.2) is 218 Å². The summed E-state index contributed by atoms with van der Waals surface area (Å²) in [4.78, 5) is 4.96. The van der Waals surface area contributed by atoms with E-state index in [0.29, 0.717) is 0 Å². The van der Waals surface area contributed by atoms with Crippen LogP contribution in [0.5, 0.6) is 0 Å². The predicted molar refractivity (Wildman–Crippen MR) is 262 cm³/mol. The lowest BCUT2D eigenvalue weighted by molar-refractivity contribution is 1.24. The summed E-state index contributed by atoms with van der Waals surface area (Å²) in [7, 11) is 0. The average molecular weight is 801 g/mol. The molecule has 0 saturated heterocycles. The summed E-state index contributed by atoms with van der Waals surface area (Å²) in [5.74, 6) is 0. The van der Waals surface area contributed by atoms with Crippen molar-refractivity contribution in [3.63, 3.8) is 0 Å². The van der Waals surface area contributed by atoms with Crippen LogP contribution < -0.4 is 9.80 Å². The molecule has 0 aliphatic heterocycles. The molecule has 12 rings (SSSR count). The van der Waals surface area contributed by atoms with Crippen LogP contribution in [0.1, 0.15) is 0 Å². The number of fused-ring (bicyclic) bond motifs is 8. The van der Waals surface area contributed by atoms with Crippen LogP contribution in [0, 0.1) is 0 Å². The van der Waals surface area contributed by atoms with Crippen LogP contribution in [-0.4, -0.2) is 0 Å². The van der Waals surface area contributed by atoms with Gasteiger partial charge in [0, 0.05) is 62.8 Å². The highest BCUT2D eigenvalue weighted by Crippen LogP contribution is 2.52. The number of hydrogen-bond acceptors (Lipinski definition) is 4. The maximum atomic E-state index is 2.49. The Hall–Kier alpha value is -7.24. The third-order valence-electron chi connectivity index (χ3n) is 11.8. The topological polar surface area (TPSA) is 6.48 Å². The highest BCUT2D eigenvalue weighted by atomic mass is 32.1. The highest BCUT2D eigenvalue weighted by molar-refractivity contribution is 7.26. The lowest BCUT2D eigenvalue weighted by Crippen LogP contribution is -2.17. The van der Waals surface area contributed by atoms with Gasteiger partial charge in [0.2, 0.25) is 0 Å². The Balaban J connectivity index is 1.20. The third-order valence-corrected chi connectivity index (χ3v) is 14.1. The van der Waals surface area contributed by atoms with E-state index in [4.69, 9.17) is 0 Å². The molecule has 0 bridgehead atoms. The maximum Gasteiger partial charge on any atom is 0.0716 e. The van der Waals surface area contributed by atoms with Gasteiger partial charge in [-0.3, -0.25) is 0 Å². The summed E-state index contributed by atoms with van der Waals surface area (Å²) in [6.07, 6.45) is 0. The number of thiophene rings is 2. The Morgan fingerprint density at radius 2 is 0.800 bits per heavy atom. The molecular weight excluding hydrogens is 765 g/mol. The molecule has 2 heterocycles. The fraction of sp³-hybridized carbons (Fsp3) is 0. The molecule has 4 heteroatoms. The van der Waals surface area contributed by atoms with Crippen molar-refractivity contribution in [2.75, 3.05) is 9.80 Å². The van der Waals surface area contributed by atoms with Crippen LogP contribution in [0.2, 0.25) is 0 Å². The Morgan fingerprint density at radius 1 is 0.267 bits per heavy atom. The average Bonchev–Trinajstić information content (AvgIpc) is 3.86. The molecular formula is C56H36N2S2. The van der Waals surface area contributed by atoms with Gasteiger partial charge in [-0.25, -0.2) is 0 Å². The summed E-state index contributed by atoms with van der Waals surface area (Å²) in [5, 5.41) is 9.99. The maximum absolute atomic E-state index is 2.49. The molecule has 0 unspecified atom stereocenters. The van der Waals surface area contributed by atoms with E-state index >= 15 is 0 Å². The first-order valence-electron chi connectivity index (χ1n) is 20.3. The van der Waals surface area contributed by atoms with Crippen molar-refractivity contribution >= 4 is 119 Å². The van der Waals surface area contributed by atoms with Crippen LogP contribution in [0.4, 0.5) is 34.1 Å². The first-order valence-corrected chi connectivity index (χ1v) is 22.0. The Labute approximate surface area is 356 Å². The summed E-state index contributed by atoms with van der Waals surface area (Å²) < 4.78 is 5.13. The van der Waals surface area contributed by atoms with Gasteiger partial charge in [0.1, 0.15) is 0 Å². The van der Waals surface area contributed by atoms with E-state index in [1.807, 2.05) is 22.7 Å². The zero-order chi connectivity index (χ0) is 39.6. The first-order chi connectivity index (χ1) is 29.7. The monoisotopic (exact) mass is 800 g/mol. The Bertz CT molecular complexity index is 3550. The molecule has 0 spiro atoms. The third kappa shape index (κ3) is 5.76. The van der Waals surface area contributed by atoms with E-state index in [1.54, 1.807) is 0 Å². The van der Waals surface area contributed by atoms with Gasteiger partial charge in [-0.1, -0.05) is 140 Å². The second-order valence-electron chi connectivity index (χ2n) is 15.3. The highest BCUT2D eigenvalue weighted by Gasteiger charge is 2.26. The SMILES string of the molecule is c1ccc(-c2ccc(N(c3ccccc3)c3cc4c(cc3N(c3ccccc3)c3ccc5sc6ccccc6c5c3)sc3cc5ccccc5cc34)c3ccccc23)cc1. The minimum atomic E-state index is 1.09. The number of benzene rings is 10. The van der Waals surface area contributed by atoms with Crippen LogP contribution in [0.3, 0.4) is 0 Å². The quantitative estimate of drug-likeness (QED) is 0.158. The second-order valence-corrected chi connectivity index (χ2v) is 17.5. The zero-order valence-corrected chi connectivity index (χ0v) is 34.1. The molecule has 0 fully saturated rings. The molecule has 0 atom stereocenters. The van der Waals surface area contributed by atoms with Crippen molar-refractivity contribution in [1.82, 2.24) is 0 Å². The van der Waals surface area contributed by atoms with Crippen molar-refractivity contribution in [2.45, 2.75) is 0 Å². The van der Waals surface area contributed by atoms with E-state index in [2.05, 4.69) is 228 Å². The van der Waals surface area contributed by atoms with E-state index in [1.165, 1.54) is 73.0 Å². The van der Waals surface area contributed by atoms with Gasteiger partial charge in [0.15, 0.2) is 0 Å². The van der Waals surface area contributed by atoms with Crippen LogP contribution >= 0.6 is 22.7 Å². The van der Waals surface area contributed by atoms with Gasteiger partial charge in [-0.15, -0.1) is 22.7 Å². The number of anilines is 6. The molecule has 0 radical (unpaired) electrons. The Kier molecular flexibility index (Phi) is 8.25. The van der Waals surface area contributed by atoms with E-state index in [0.717, 1.165) is 34.1 Å². The second kappa shape index (κ2) is 14.2. The molecule has 282 valence electrons. The molecule has 0 N–H and O–H groups in total. The van der Waals surface area contributed by atoms with Crippen LogP contribution in [0.25, 0.3) is 73.0 Å². The minimum absolute atomic E-state index is 1.09. The minimum Gasteiger partial charge on any atom is -0.308 e. The summed E-state index contributed by atoms with van der Waals surface area (Å²) >= 11 is 3.73. The molecule has 60 heavy (non-hydrogen) atoms. The van der Waals surface area contributed by atoms with Crippen LogP contribution in [-0.2, 0) is 0 Å². The van der Waals surface area contributed by atoms with Gasteiger partial charge in [0.25, 0.3) is 0 Å². The van der Waals surface area contributed by atoms with Crippen molar-refractivity contribution < 1.29 is 0 Å². The summed E-state index contributed by atoms with van der Waals surface area (Å²) in [6.45, 7) is 0. The fourth-order valence-corrected chi connectivity index (χ4v) is 11.3. The molecule has 2 aromatic heterocycles. The van der Waals surface area contributed by atoms with E-state index in [9.17, 15) is 0 Å². The van der Waals surface area contributed by atoms with E-state index < -0.39 is 0 Å². The fourth-order valence-electron chi connectivity index (χ4n) is 9.03. The predicted octanol–water partition coefficient (Wildman–Crippen LogP) is 17.3. The smallest absolute Gasteiger partial charge is 0.0716 e. The zero-order valence-electron chi connectivity index (χ0n) is 32.5. The van der Waals surface area contributed by atoms with Gasteiger partial charge >= 0.3 is 0 Å². The standard InChI is InChI=1S/C56H36N2S2/c1-4-16-37(17-5-1)43-29-30-50(45-25-13-12-24-44(43)45)58(41-22-8-3-9-23-41)51-35-49-47-32-38-18-10-11-19-39(38)33-55(47)60-56(49)36-52(51)57(40-20-6-2-7-21-40)42-28-31-54-48(34-42)46-26-14-15-27-53(46)59-54/h1-36H. The van der Waals surface area contributed by atoms with Gasteiger partial charge < -0.3 is 9.80 Å². The summed E-state index contributed by atoms with van der Waals surface area (Å²) in [6, 6.07) is 80.1. The van der Waals surface area contributed by atoms with Gasteiger partial charge in [-0.05, 0) is 106 Å². The Morgan fingerprint density at radius 3 is 1.57 bits per heavy atom. The lowest BCUT2D eigenvalue weighted by atomic mass is 9.96. The molecule has 2 nitrogen and oxygen atoms in total. The first kappa shape index (κ1) is 34.8. The lowest BCUT2D eigenvalue weighted by Gasteiger charge is -2.34.